The van der Waals surface area contributed by atoms with Gasteiger partial charge in [0.15, 0.2) is 0 Å². The van der Waals surface area contributed by atoms with Crippen LogP contribution in [-0.2, 0) is 0 Å². The van der Waals surface area contributed by atoms with E-state index in [0.717, 1.165) is 0 Å². The minimum Gasteiger partial charge on any atom is -0.450 e. The fourth-order valence-corrected chi connectivity index (χ4v) is 0.342. The van der Waals surface area contributed by atoms with Gasteiger partial charge in [-0.1, -0.05) is 0 Å². The van der Waals surface area contributed by atoms with E-state index in [2.05, 4.69) is 6.07 Å². The van der Waals surface area contributed by atoms with Gasteiger partial charge >= 0.3 is 57.5 Å². The van der Waals surface area contributed by atoms with E-state index in [1.54, 1.807) is 0 Å². The van der Waals surface area contributed by atoms with Crippen LogP contribution in [0.25, 0.3) is 0 Å². The Bertz CT molecular complexity index is 146. The third-order valence-electron chi connectivity index (χ3n) is 0.607. The second-order valence-electron chi connectivity index (χ2n) is 1.36. The van der Waals surface area contributed by atoms with Gasteiger partial charge in [-0.2, -0.15) is 36.4 Å². The molecule has 0 amide bonds. The Morgan fingerprint density at radius 3 is 1.55 bits per heavy atom. The van der Waals surface area contributed by atoms with Gasteiger partial charge in [-0.05, 0) is 0 Å². The molecule has 0 aliphatic heterocycles. The zero-order valence-electron chi connectivity index (χ0n) is 6.19. The molecule has 54 valence electrons. The van der Waals surface area contributed by atoms with Gasteiger partial charge in [0, 0.05) is 0 Å². The fourth-order valence-electron chi connectivity index (χ4n) is 0.342. The van der Waals surface area contributed by atoms with Crippen LogP contribution in [0.15, 0.2) is 30.3 Å². The van der Waals surface area contributed by atoms with Crippen LogP contribution in [0.3, 0.4) is 0 Å². The molecule has 0 saturated heterocycles. The summed E-state index contributed by atoms with van der Waals surface area (Å²) in [6.07, 6.45) is -1.83. The zero-order chi connectivity index (χ0) is 7.82. The van der Waals surface area contributed by atoms with Crippen LogP contribution >= 0.6 is 0 Å². The number of carbonyl (C=O) groups is 1. The van der Waals surface area contributed by atoms with Crippen LogP contribution in [-0.4, -0.2) is 16.4 Å². The molecule has 1 aromatic rings. The van der Waals surface area contributed by atoms with Crippen LogP contribution in [0.4, 0.5) is 4.79 Å². The van der Waals surface area contributed by atoms with Gasteiger partial charge in [0.25, 0.3) is 0 Å². The topological polar surface area (TPSA) is 57.5 Å². The Hall–Kier alpha value is 0.126. The molecule has 0 aromatic heterocycles. The summed E-state index contributed by atoms with van der Waals surface area (Å²) in [6.45, 7) is 0. The molecule has 11 heavy (non-hydrogen) atoms. The summed E-state index contributed by atoms with van der Waals surface area (Å²) in [4.78, 5) is 8.56. The zero-order valence-corrected chi connectivity index (χ0v) is 9.31. The van der Waals surface area contributed by atoms with E-state index < -0.39 is 6.16 Å². The Balaban J connectivity index is 0. The minimum absolute atomic E-state index is 0. The van der Waals surface area contributed by atoms with Crippen molar-refractivity contribution in [2.45, 2.75) is 0 Å². The second kappa shape index (κ2) is 10.1. The Labute approximate surface area is 107 Å². The largest absolute Gasteiger partial charge is 1.00 e. The van der Waals surface area contributed by atoms with E-state index in [1.165, 1.54) is 0 Å². The third kappa shape index (κ3) is 17.8. The second-order valence-corrected chi connectivity index (χ2v) is 1.36. The van der Waals surface area contributed by atoms with Crippen molar-refractivity contribution in [3.05, 3.63) is 36.4 Å². The van der Waals surface area contributed by atoms with Crippen molar-refractivity contribution in [3.63, 3.8) is 0 Å². The fraction of sp³-hybridized carbons (Fsp3) is 0. The predicted molar refractivity (Wildman–Crippen MR) is 35.9 cm³/mol. The van der Waals surface area contributed by atoms with E-state index in [1.807, 2.05) is 30.3 Å². The molecular formula is C7H7KO3. The van der Waals surface area contributed by atoms with Crippen molar-refractivity contribution in [1.82, 2.24) is 0 Å². The van der Waals surface area contributed by atoms with Crippen LogP contribution in [0.5, 0.6) is 0 Å². The van der Waals surface area contributed by atoms with E-state index >= 15 is 0 Å². The number of hydrogen-bond donors (Lipinski definition) is 2. The first-order chi connectivity index (χ1) is 4.73. The van der Waals surface area contributed by atoms with Gasteiger partial charge < -0.3 is 10.2 Å². The molecule has 1 aromatic carbocycles. The molecule has 4 heteroatoms. The van der Waals surface area contributed by atoms with Gasteiger partial charge in [0.1, 0.15) is 0 Å². The molecule has 0 aliphatic carbocycles. The van der Waals surface area contributed by atoms with Crippen molar-refractivity contribution in [3.8, 4) is 0 Å². The van der Waals surface area contributed by atoms with Crippen molar-refractivity contribution in [2.75, 3.05) is 0 Å². The number of hydrogen-bond acceptors (Lipinski definition) is 1. The summed E-state index contributed by atoms with van der Waals surface area (Å²) in [6, 6.07) is 12.5. The molecular weight excluding hydrogens is 171 g/mol. The average Bonchev–Trinajstić information content (AvgIpc) is 1.90. The standard InChI is InChI=1S/C6H5.CH2O3.K/c1-2-4-6-5-3-1;2-1(3)4;/h1-5H;(H2,2,3,4);/q-1;;+1. The maximum atomic E-state index is 8.56. The first-order valence-electron chi connectivity index (χ1n) is 2.56. The Morgan fingerprint density at radius 1 is 1.09 bits per heavy atom. The molecule has 0 aliphatic rings. The molecule has 0 spiro atoms. The van der Waals surface area contributed by atoms with Crippen molar-refractivity contribution < 1.29 is 66.4 Å². The molecule has 3 nitrogen and oxygen atoms in total. The monoisotopic (exact) mass is 178 g/mol. The Kier molecular flexibility index (Phi) is 12.6. The summed E-state index contributed by atoms with van der Waals surface area (Å²) in [5, 5.41) is 13.9. The summed E-state index contributed by atoms with van der Waals surface area (Å²) >= 11 is 0. The van der Waals surface area contributed by atoms with Gasteiger partial charge in [0.05, 0.1) is 0 Å². The van der Waals surface area contributed by atoms with Crippen LogP contribution in [0.2, 0.25) is 0 Å². The van der Waals surface area contributed by atoms with Gasteiger partial charge in [-0.3, -0.25) is 0 Å². The van der Waals surface area contributed by atoms with Crippen molar-refractivity contribution >= 4 is 6.16 Å². The summed E-state index contributed by atoms with van der Waals surface area (Å²) in [7, 11) is 0. The number of benzene rings is 1. The van der Waals surface area contributed by atoms with Crippen molar-refractivity contribution in [2.24, 2.45) is 0 Å². The molecule has 0 unspecified atom stereocenters. The number of rotatable bonds is 0. The molecule has 0 bridgehead atoms. The molecule has 0 radical (unpaired) electrons. The number of carboxylic acid groups (broad SMARTS) is 2. The van der Waals surface area contributed by atoms with E-state index in [4.69, 9.17) is 15.0 Å². The maximum Gasteiger partial charge on any atom is 1.00 e. The summed E-state index contributed by atoms with van der Waals surface area (Å²) < 4.78 is 0. The van der Waals surface area contributed by atoms with Crippen molar-refractivity contribution in [1.29, 1.82) is 0 Å². The molecule has 0 fully saturated rings. The normalized spacial score (nSPS) is 6.55. The quantitative estimate of drug-likeness (QED) is 0.384. The predicted octanol–water partition coefficient (Wildman–Crippen LogP) is -1.29. The molecule has 1 rings (SSSR count). The first kappa shape index (κ1) is 13.7. The van der Waals surface area contributed by atoms with E-state index in [9.17, 15) is 0 Å². The smallest absolute Gasteiger partial charge is 0.450 e. The molecule has 0 heterocycles. The van der Waals surface area contributed by atoms with Gasteiger partial charge in [0.2, 0.25) is 0 Å². The van der Waals surface area contributed by atoms with Crippen LogP contribution in [0, 0.1) is 6.07 Å². The first-order valence-corrected chi connectivity index (χ1v) is 2.56. The van der Waals surface area contributed by atoms with Crippen LogP contribution in [0.1, 0.15) is 0 Å². The minimum atomic E-state index is -1.83. The van der Waals surface area contributed by atoms with E-state index in [0.29, 0.717) is 0 Å². The summed E-state index contributed by atoms with van der Waals surface area (Å²) in [5.41, 5.74) is 0. The van der Waals surface area contributed by atoms with Gasteiger partial charge in [-0.15, -0.1) is 0 Å². The SMILES string of the molecule is O=C(O)O.[K+].[c-]1ccccc1. The van der Waals surface area contributed by atoms with E-state index in [-0.39, 0.29) is 51.4 Å². The molecule has 2 N–H and O–H groups in total. The van der Waals surface area contributed by atoms with Gasteiger partial charge in [-0.25, -0.2) is 4.79 Å². The molecule has 0 saturated carbocycles. The summed E-state index contributed by atoms with van der Waals surface area (Å²) in [5.74, 6) is 0. The maximum absolute atomic E-state index is 8.56. The Morgan fingerprint density at radius 2 is 1.45 bits per heavy atom. The van der Waals surface area contributed by atoms with Crippen LogP contribution < -0.4 is 51.4 Å². The average molecular weight is 178 g/mol. The molecule has 0 atom stereocenters. The third-order valence-corrected chi connectivity index (χ3v) is 0.607.